The molecule has 30 heavy (non-hydrogen) atoms. The van der Waals surface area contributed by atoms with Crippen LogP contribution in [0, 0.1) is 20.8 Å². The van der Waals surface area contributed by atoms with Gasteiger partial charge in [0.15, 0.2) is 0 Å². The Morgan fingerprint density at radius 1 is 0.867 bits per heavy atom. The number of ether oxygens (including phenoxy) is 2. The lowest BCUT2D eigenvalue weighted by Gasteiger charge is -2.25. The summed E-state index contributed by atoms with van der Waals surface area (Å²) in [5, 5.41) is 0. The summed E-state index contributed by atoms with van der Waals surface area (Å²) < 4.78 is 25.4. The van der Waals surface area contributed by atoms with Gasteiger partial charge in [-0.2, -0.15) is 0 Å². The van der Waals surface area contributed by atoms with Crippen LogP contribution in [0.2, 0.25) is 0 Å². The summed E-state index contributed by atoms with van der Waals surface area (Å²) in [6.45, 7) is 5.49. The van der Waals surface area contributed by atoms with Gasteiger partial charge in [-0.1, -0.05) is 31.0 Å². The van der Waals surface area contributed by atoms with Gasteiger partial charge in [-0.3, -0.25) is 9.59 Å². The molecule has 3 rings (SSSR count). The summed E-state index contributed by atoms with van der Waals surface area (Å²) in [6.07, 6.45) is 2.95. The third-order valence-electron chi connectivity index (χ3n) is 6.00. The Labute approximate surface area is 178 Å². The Balaban J connectivity index is 2.25. The average Bonchev–Trinajstić information content (AvgIpc) is 3.27. The van der Waals surface area contributed by atoms with Crippen LogP contribution in [0.3, 0.4) is 0 Å². The van der Waals surface area contributed by atoms with Gasteiger partial charge < -0.3 is 14.0 Å². The van der Waals surface area contributed by atoms with Gasteiger partial charge in [0.25, 0.3) is 0 Å². The van der Waals surface area contributed by atoms with Gasteiger partial charge in [0.05, 0.1) is 14.2 Å². The summed E-state index contributed by atoms with van der Waals surface area (Å²) >= 11 is 0. The van der Waals surface area contributed by atoms with Crippen LogP contribution in [0.15, 0.2) is 30.3 Å². The lowest BCUT2D eigenvalue weighted by Crippen LogP contribution is -2.22. The van der Waals surface area contributed by atoms with Crippen LogP contribution in [0.1, 0.15) is 63.1 Å². The minimum absolute atomic E-state index is 0.0976. The lowest BCUT2D eigenvalue weighted by molar-refractivity contribution is 0.103. The first kappa shape index (κ1) is 22.3. The van der Waals surface area contributed by atoms with Gasteiger partial charge in [0, 0.05) is 11.2 Å². The predicted octanol–water partition coefficient (Wildman–Crippen LogP) is 5.92. The van der Waals surface area contributed by atoms with Crippen molar-refractivity contribution in [3.63, 3.8) is 0 Å². The zero-order chi connectivity index (χ0) is 22.1. The number of methoxy groups -OCH3 is 2. The van der Waals surface area contributed by atoms with Crippen molar-refractivity contribution in [2.24, 2.45) is 0 Å². The minimum atomic E-state index is -3.98. The zero-order valence-corrected chi connectivity index (χ0v) is 19.2. The molecule has 1 aliphatic rings. The van der Waals surface area contributed by atoms with E-state index in [0.717, 1.165) is 29.5 Å². The minimum Gasteiger partial charge on any atom is -0.496 e. The van der Waals surface area contributed by atoms with Crippen LogP contribution >= 0.6 is 7.14 Å². The van der Waals surface area contributed by atoms with Crippen molar-refractivity contribution in [3.05, 3.63) is 58.1 Å². The van der Waals surface area contributed by atoms with E-state index in [4.69, 9.17) is 9.47 Å². The van der Waals surface area contributed by atoms with Crippen molar-refractivity contribution in [2.75, 3.05) is 14.2 Å². The first-order valence-corrected chi connectivity index (χ1v) is 12.0. The number of aryl methyl sites for hydroxylation is 3. The van der Waals surface area contributed by atoms with Crippen molar-refractivity contribution in [1.29, 1.82) is 0 Å². The van der Waals surface area contributed by atoms with E-state index in [0.29, 0.717) is 18.4 Å². The van der Waals surface area contributed by atoms with Crippen LogP contribution < -0.4 is 9.47 Å². The molecule has 0 saturated heterocycles. The quantitative estimate of drug-likeness (QED) is 0.512. The Morgan fingerprint density at radius 3 is 1.80 bits per heavy atom. The maximum atomic E-state index is 14.5. The fourth-order valence-corrected chi connectivity index (χ4v) is 7.61. The highest BCUT2D eigenvalue weighted by Crippen LogP contribution is 2.62. The van der Waals surface area contributed by atoms with Crippen LogP contribution in [0.25, 0.3) is 0 Å². The molecular formula is C24H29O5P. The molecule has 0 spiro atoms. The van der Waals surface area contributed by atoms with E-state index in [-0.39, 0.29) is 17.1 Å². The summed E-state index contributed by atoms with van der Waals surface area (Å²) in [5.74, 6) is 0.564. The normalized spacial score (nSPS) is 16.2. The number of benzene rings is 2. The highest BCUT2D eigenvalue weighted by atomic mass is 31.2. The van der Waals surface area contributed by atoms with Gasteiger partial charge in [-0.15, -0.1) is 0 Å². The van der Waals surface area contributed by atoms with E-state index in [2.05, 4.69) is 0 Å². The second-order valence-corrected chi connectivity index (χ2v) is 10.9. The van der Waals surface area contributed by atoms with E-state index >= 15 is 0 Å². The van der Waals surface area contributed by atoms with Gasteiger partial charge >= 0.3 is 0 Å². The Bertz CT molecular complexity index is 989. The van der Waals surface area contributed by atoms with E-state index in [1.807, 2.05) is 39.0 Å². The van der Waals surface area contributed by atoms with Crippen LogP contribution in [0.5, 0.6) is 11.5 Å². The largest absolute Gasteiger partial charge is 0.496 e. The third-order valence-corrected chi connectivity index (χ3v) is 9.20. The van der Waals surface area contributed by atoms with Gasteiger partial charge in [0.2, 0.25) is 18.2 Å². The maximum absolute atomic E-state index is 14.5. The second kappa shape index (κ2) is 8.77. The van der Waals surface area contributed by atoms with E-state index < -0.39 is 23.8 Å². The summed E-state index contributed by atoms with van der Waals surface area (Å²) in [6, 6.07) is 8.90. The molecule has 0 aromatic heterocycles. The molecule has 1 unspecified atom stereocenters. The standard InChI is InChI=1S/C24H29O5P/c1-15-13-19(28-4)22(20(14-15)29-5)24(26)30(27,18-11-6-7-12-18)23(25)21-16(2)9-8-10-17(21)3/h8-10,13-14,18H,6-7,11-12H2,1-5H3. The smallest absolute Gasteiger partial charge is 0.236 e. The molecular weight excluding hydrogens is 399 g/mol. The van der Waals surface area contributed by atoms with Crippen LogP contribution in [-0.2, 0) is 4.57 Å². The molecule has 0 bridgehead atoms. The number of hydrogen-bond acceptors (Lipinski definition) is 5. The molecule has 1 saturated carbocycles. The van der Waals surface area contributed by atoms with Gasteiger partial charge in [0.1, 0.15) is 17.1 Å². The molecule has 0 aliphatic heterocycles. The molecule has 0 heterocycles. The molecule has 1 atom stereocenters. The zero-order valence-electron chi connectivity index (χ0n) is 18.3. The van der Waals surface area contributed by atoms with Crippen molar-refractivity contribution in [1.82, 2.24) is 0 Å². The van der Waals surface area contributed by atoms with Gasteiger partial charge in [-0.05, 0) is 62.4 Å². The Morgan fingerprint density at radius 2 is 1.33 bits per heavy atom. The number of rotatable bonds is 7. The molecule has 0 N–H and O–H groups in total. The maximum Gasteiger partial charge on any atom is 0.236 e. The Kier molecular flexibility index (Phi) is 6.52. The van der Waals surface area contributed by atoms with Crippen LogP contribution in [-0.4, -0.2) is 30.9 Å². The second-order valence-electron chi connectivity index (χ2n) is 8.02. The summed E-state index contributed by atoms with van der Waals surface area (Å²) in [7, 11) is -1.07. The fraction of sp³-hybridized carbons (Fsp3) is 0.417. The highest BCUT2D eigenvalue weighted by molar-refractivity contribution is 7.96. The fourth-order valence-electron chi connectivity index (χ4n) is 4.43. The van der Waals surface area contributed by atoms with Gasteiger partial charge in [-0.25, -0.2) is 0 Å². The Hall–Kier alpha value is -2.39. The lowest BCUT2D eigenvalue weighted by atomic mass is 10.0. The molecule has 2 aromatic rings. The van der Waals surface area contributed by atoms with E-state index in [9.17, 15) is 14.2 Å². The summed E-state index contributed by atoms with van der Waals surface area (Å²) in [5.41, 5.74) is 1.15. The van der Waals surface area contributed by atoms with Crippen LogP contribution in [0.4, 0.5) is 0 Å². The predicted molar refractivity (Wildman–Crippen MR) is 119 cm³/mol. The van der Waals surface area contributed by atoms with E-state index in [1.165, 1.54) is 14.2 Å². The van der Waals surface area contributed by atoms with Crippen molar-refractivity contribution in [2.45, 2.75) is 52.1 Å². The van der Waals surface area contributed by atoms with Crippen molar-refractivity contribution >= 4 is 18.2 Å². The average molecular weight is 428 g/mol. The SMILES string of the molecule is COc1cc(C)cc(OC)c1C(=O)P(=O)(C(=O)c1c(C)cccc1C)C1CCCC1. The molecule has 1 fully saturated rings. The molecule has 1 aliphatic carbocycles. The van der Waals surface area contributed by atoms with E-state index in [1.54, 1.807) is 12.1 Å². The first-order chi connectivity index (χ1) is 14.2. The number of carbonyl (C=O) groups is 2. The molecule has 0 radical (unpaired) electrons. The highest BCUT2D eigenvalue weighted by Gasteiger charge is 2.50. The topological polar surface area (TPSA) is 69.7 Å². The molecule has 160 valence electrons. The molecule has 2 aromatic carbocycles. The van der Waals surface area contributed by atoms with Crippen molar-refractivity contribution < 1.29 is 23.6 Å². The number of hydrogen-bond donors (Lipinski definition) is 0. The molecule has 5 nitrogen and oxygen atoms in total. The molecule has 6 heteroatoms. The monoisotopic (exact) mass is 428 g/mol. The summed E-state index contributed by atoms with van der Waals surface area (Å²) in [4.78, 5) is 27.7. The number of carbonyl (C=O) groups excluding carboxylic acids is 2. The third kappa shape index (κ3) is 3.72. The first-order valence-electron chi connectivity index (χ1n) is 10.2. The molecule has 0 amide bonds. The van der Waals surface area contributed by atoms with Crippen molar-refractivity contribution in [3.8, 4) is 11.5 Å².